The van der Waals surface area contributed by atoms with Crippen LogP contribution in [-0.2, 0) is 5.41 Å². The van der Waals surface area contributed by atoms with Gasteiger partial charge in [-0.15, -0.1) is 0 Å². The van der Waals surface area contributed by atoms with Crippen LogP contribution >= 0.6 is 0 Å². The molecule has 22 heavy (non-hydrogen) atoms. The van der Waals surface area contributed by atoms with E-state index in [1.807, 2.05) is 32.2 Å². The molecule has 0 radical (unpaired) electrons. The molecule has 0 spiro atoms. The Bertz CT molecular complexity index is 693. The van der Waals surface area contributed by atoms with Crippen LogP contribution in [0, 0.1) is 6.92 Å². The summed E-state index contributed by atoms with van der Waals surface area (Å²) in [5, 5.41) is 0. The highest BCUT2D eigenvalue weighted by Crippen LogP contribution is 2.39. The average Bonchev–Trinajstić information content (AvgIpc) is 2.46. The third kappa shape index (κ3) is 3.22. The quantitative estimate of drug-likeness (QED) is 0.756. The Morgan fingerprint density at radius 3 is 2.45 bits per heavy atom. The number of rotatable bonds is 3. The highest BCUT2D eigenvalue weighted by atomic mass is 16.5. The second-order valence-electron chi connectivity index (χ2n) is 6.53. The van der Waals surface area contributed by atoms with Crippen molar-refractivity contribution < 1.29 is 4.74 Å². The van der Waals surface area contributed by atoms with Crippen LogP contribution in [0.2, 0.25) is 0 Å². The number of aryl methyl sites for hydroxylation is 1. The highest BCUT2D eigenvalue weighted by Gasteiger charge is 2.22. The van der Waals surface area contributed by atoms with Crippen molar-refractivity contribution >= 4 is 6.08 Å². The fourth-order valence-corrected chi connectivity index (χ4v) is 2.68. The van der Waals surface area contributed by atoms with Crippen LogP contribution in [0.1, 0.15) is 44.5 Å². The molecule has 2 aromatic rings. The van der Waals surface area contributed by atoms with Gasteiger partial charge in [-0.3, -0.25) is 4.98 Å². The van der Waals surface area contributed by atoms with E-state index >= 15 is 0 Å². The molecule has 0 amide bonds. The first-order chi connectivity index (χ1) is 10.4. The van der Waals surface area contributed by atoms with Gasteiger partial charge in [-0.05, 0) is 43.0 Å². The molecule has 0 aliphatic rings. The van der Waals surface area contributed by atoms with Gasteiger partial charge in [0.15, 0.2) is 0 Å². The number of allylic oxidation sites excluding steroid dienone is 1. The third-order valence-electron chi connectivity index (χ3n) is 3.79. The molecule has 1 aromatic heterocycles. The van der Waals surface area contributed by atoms with Crippen LogP contribution in [0.15, 0.2) is 36.5 Å². The van der Waals surface area contributed by atoms with Gasteiger partial charge in [0.05, 0.1) is 7.11 Å². The maximum atomic E-state index is 5.71. The summed E-state index contributed by atoms with van der Waals surface area (Å²) >= 11 is 0. The molecule has 0 bridgehead atoms. The van der Waals surface area contributed by atoms with Gasteiger partial charge in [0, 0.05) is 28.6 Å². The third-order valence-corrected chi connectivity index (χ3v) is 3.79. The van der Waals surface area contributed by atoms with Crippen LogP contribution < -0.4 is 4.74 Å². The Balaban J connectivity index is 2.77. The number of methoxy groups -OCH3 is 1. The van der Waals surface area contributed by atoms with E-state index in [4.69, 9.17) is 4.74 Å². The minimum Gasteiger partial charge on any atom is -0.496 e. The van der Waals surface area contributed by atoms with Crippen molar-refractivity contribution in [2.24, 2.45) is 0 Å². The maximum absolute atomic E-state index is 5.71. The Labute approximate surface area is 133 Å². The summed E-state index contributed by atoms with van der Waals surface area (Å²) < 4.78 is 5.71. The molecule has 0 aliphatic heterocycles. The highest BCUT2D eigenvalue weighted by molar-refractivity contribution is 5.74. The minimum atomic E-state index is 0.00774. The summed E-state index contributed by atoms with van der Waals surface area (Å²) in [5.74, 6) is 0.955. The zero-order valence-electron chi connectivity index (χ0n) is 14.4. The molecule has 2 heteroatoms. The Morgan fingerprint density at radius 2 is 1.91 bits per heavy atom. The molecule has 2 rings (SSSR count). The molecule has 0 fully saturated rings. The average molecular weight is 295 g/mol. The Hall–Kier alpha value is -2.09. The molecule has 0 saturated heterocycles. The van der Waals surface area contributed by atoms with E-state index in [1.54, 1.807) is 7.11 Å². The molecule has 1 aromatic carbocycles. The molecule has 0 saturated carbocycles. The van der Waals surface area contributed by atoms with Crippen molar-refractivity contribution in [3.05, 3.63) is 53.4 Å². The predicted molar refractivity (Wildman–Crippen MR) is 94.4 cm³/mol. The lowest BCUT2D eigenvalue weighted by molar-refractivity contribution is 0.396. The van der Waals surface area contributed by atoms with Crippen LogP contribution in [0.5, 0.6) is 5.75 Å². The molecular weight excluding hydrogens is 270 g/mol. The van der Waals surface area contributed by atoms with Gasteiger partial charge >= 0.3 is 0 Å². The fourth-order valence-electron chi connectivity index (χ4n) is 2.68. The number of hydrogen-bond acceptors (Lipinski definition) is 2. The second kappa shape index (κ2) is 6.35. The monoisotopic (exact) mass is 295 g/mol. The van der Waals surface area contributed by atoms with Crippen LogP contribution in [-0.4, -0.2) is 12.1 Å². The fraction of sp³-hybridized carbons (Fsp3) is 0.350. The molecular formula is C20H25NO. The SMILES string of the molecule is C/C=C/c1cc(-c2cccnc2C)cc(C(C)(C)C)c1OC. The second-order valence-corrected chi connectivity index (χ2v) is 6.53. The Kier molecular flexibility index (Phi) is 4.70. The molecule has 116 valence electrons. The Morgan fingerprint density at radius 1 is 1.18 bits per heavy atom. The predicted octanol–water partition coefficient (Wildman–Crippen LogP) is 5.40. The first-order valence-electron chi connectivity index (χ1n) is 7.65. The van der Waals surface area contributed by atoms with E-state index in [0.717, 1.165) is 17.0 Å². The zero-order valence-corrected chi connectivity index (χ0v) is 14.4. The van der Waals surface area contributed by atoms with Crippen molar-refractivity contribution in [3.63, 3.8) is 0 Å². The van der Waals surface area contributed by atoms with Gasteiger partial charge < -0.3 is 4.74 Å². The summed E-state index contributed by atoms with van der Waals surface area (Å²) in [6, 6.07) is 8.52. The summed E-state index contributed by atoms with van der Waals surface area (Å²) in [4.78, 5) is 4.42. The van der Waals surface area contributed by atoms with E-state index in [-0.39, 0.29) is 5.41 Å². The topological polar surface area (TPSA) is 22.1 Å². The summed E-state index contributed by atoms with van der Waals surface area (Å²) in [5.41, 5.74) is 5.72. The lowest BCUT2D eigenvalue weighted by atomic mass is 9.83. The molecule has 2 nitrogen and oxygen atoms in total. The summed E-state index contributed by atoms with van der Waals surface area (Å²) in [7, 11) is 1.74. The number of benzene rings is 1. The molecule has 1 heterocycles. The molecule has 0 atom stereocenters. The van der Waals surface area contributed by atoms with Gasteiger partial charge in [0.1, 0.15) is 5.75 Å². The van der Waals surface area contributed by atoms with E-state index in [9.17, 15) is 0 Å². The van der Waals surface area contributed by atoms with Crippen molar-refractivity contribution in [1.82, 2.24) is 4.98 Å². The number of pyridine rings is 1. The molecule has 0 N–H and O–H groups in total. The van der Waals surface area contributed by atoms with E-state index in [1.165, 1.54) is 16.7 Å². The normalized spacial score (nSPS) is 11.9. The van der Waals surface area contributed by atoms with E-state index in [2.05, 4.69) is 50.0 Å². The van der Waals surface area contributed by atoms with Gasteiger partial charge in [-0.2, -0.15) is 0 Å². The minimum absolute atomic E-state index is 0.00774. The lowest BCUT2D eigenvalue weighted by Crippen LogP contribution is -2.14. The van der Waals surface area contributed by atoms with Gasteiger partial charge in [0.25, 0.3) is 0 Å². The summed E-state index contributed by atoms with van der Waals surface area (Å²) in [6.07, 6.45) is 5.98. The van der Waals surface area contributed by atoms with Crippen molar-refractivity contribution in [2.45, 2.75) is 40.0 Å². The van der Waals surface area contributed by atoms with Gasteiger partial charge in [-0.1, -0.05) is 39.0 Å². The van der Waals surface area contributed by atoms with E-state index < -0.39 is 0 Å². The number of ether oxygens (including phenoxy) is 1. The van der Waals surface area contributed by atoms with Crippen molar-refractivity contribution in [3.8, 4) is 16.9 Å². The first kappa shape index (κ1) is 16.3. The number of hydrogen-bond donors (Lipinski definition) is 0. The number of aromatic nitrogens is 1. The number of nitrogens with zero attached hydrogens (tertiary/aromatic N) is 1. The molecule has 0 aliphatic carbocycles. The lowest BCUT2D eigenvalue weighted by Gasteiger charge is -2.25. The van der Waals surface area contributed by atoms with Gasteiger partial charge in [0.2, 0.25) is 0 Å². The first-order valence-corrected chi connectivity index (χ1v) is 7.65. The summed E-state index contributed by atoms with van der Waals surface area (Å²) in [6.45, 7) is 10.7. The van der Waals surface area contributed by atoms with Crippen LogP contribution in [0.3, 0.4) is 0 Å². The smallest absolute Gasteiger partial charge is 0.129 e. The maximum Gasteiger partial charge on any atom is 0.129 e. The molecule has 0 unspecified atom stereocenters. The van der Waals surface area contributed by atoms with Gasteiger partial charge in [-0.25, -0.2) is 0 Å². The van der Waals surface area contributed by atoms with Crippen LogP contribution in [0.4, 0.5) is 0 Å². The zero-order chi connectivity index (χ0) is 16.3. The van der Waals surface area contributed by atoms with Crippen molar-refractivity contribution in [1.29, 1.82) is 0 Å². The standard InChI is InChI=1S/C20H25NO/c1-7-9-15-12-16(17-10-8-11-21-14(17)2)13-18(19(15)22-6)20(3,4)5/h7-13H,1-6H3/b9-7+. The van der Waals surface area contributed by atoms with Crippen molar-refractivity contribution in [2.75, 3.05) is 7.11 Å². The largest absolute Gasteiger partial charge is 0.496 e. The van der Waals surface area contributed by atoms with E-state index in [0.29, 0.717) is 0 Å². The van der Waals surface area contributed by atoms with Crippen LogP contribution in [0.25, 0.3) is 17.2 Å².